The molecule has 0 aliphatic carbocycles. The summed E-state index contributed by atoms with van der Waals surface area (Å²) >= 11 is 3.57. The van der Waals surface area contributed by atoms with Gasteiger partial charge in [0.1, 0.15) is 0 Å². The summed E-state index contributed by atoms with van der Waals surface area (Å²) in [5, 5.41) is 3.21. The average molecular weight is 339 g/mol. The molecule has 0 aromatic heterocycles. The Kier molecular flexibility index (Phi) is 4.86. The monoisotopic (exact) mass is 338 g/mol. The maximum absolute atomic E-state index is 12.5. The van der Waals surface area contributed by atoms with E-state index in [1.165, 1.54) is 0 Å². The van der Waals surface area contributed by atoms with Gasteiger partial charge >= 0.3 is 0 Å². The van der Waals surface area contributed by atoms with Crippen LogP contribution in [-0.2, 0) is 10.3 Å². The van der Waals surface area contributed by atoms with Crippen molar-refractivity contribution in [3.05, 3.63) is 34.3 Å². The number of hydrogen-bond acceptors (Lipinski definition) is 2. The molecule has 3 nitrogen and oxygen atoms in total. The molecule has 1 N–H and O–H groups in total. The van der Waals surface area contributed by atoms with Crippen molar-refractivity contribution in [2.75, 3.05) is 20.1 Å². The molecule has 0 spiro atoms. The van der Waals surface area contributed by atoms with E-state index < -0.39 is 0 Å². The number of nitrogens with one attached hydrogen (secondary N) is 1. The summed E-state index contributed by atoms with van der Waals surface area (Å²) in [5.41, 5.74) is 0.741. The highest BCUT2D eigenvalue weighted by Crippen LogP contribution is 2.28. The molecular formula is C16H23BrN2O. The fourth-order valence-corrected chi connectivity index (χ4v) is 3.61. The normalized spacial score (nSPS) is 20.7. The summed E-state index contributed by atoms with van der Waals surface area (Å²) < 4.78 is 1.03. The summed E-state index contributed by atoms with van der Waals surface area (Å²) in [4.78, 5) is 14.7. The molecule has 1 saturated heterocycles. The number of nitrogens with zero attached hydrogens (tertiary/aromatic N) is 1. The topological polar surface area (TPSA) is 32.3 Å². The average Bonchev–Trinajstić information content (AvgIpc) is 2.38. The Morgan fingerprint density at radius 1 is 1.40 bits per heavy atom. The minimum Gasteiger partial charge on any atom is -0.347 e. The highest BCUT2D eigenvalue weighted by molar-refractivity contribution is 9.10. The first-order valence-corrected chi connectivity index (χ1v) is 7.95. The van der Waals surface area contributed by atoms with Gasteiger partial charge in [0.25, 0.3) is 0 Å². The lowest BCUT2D eigenvalue weighted by Gasteiger charge is -2.33. The second-order valence-corrected chi connectivity index (χ2v) is 7.05. The molecule has 1 aromatic carbocycles. The van der Waals surface area contributed by atoms with Gasteiger partial charge in [0.15, 0.2) is 0 Å². The molecule has 1 atom stereocenters. The third-order valence-corrected chi connectivity index (χ3v) is 4.67. The van der Waals surface area contributed by atoms with E-state index in [4.69, 9.17) is 0 Å². The van der Waals surface area contributed by atoms with Crippen molar-refractivity contribution in [1.29, 1.82) is 0 Å². The van der Waals surface area contributed by atoms with Crippen molar-refractivity contribution < 1.29 is 4.79 Å². The van der Waals surface area contributed by atoms with Crippen molar-refractivity contribution in [2.45, 2.75) is 32.2 Å². The van der Waals surface area contributed by atoms with Gasteiger partial charge in [0, 0.05) is 11.0 Å². The lowest BCUT2D eigenvalue weighted by Crippen LogP contribution is -2.48. The number of carbonyl (C=O) groups is 1. The molecule has 1 heterocycles. The second-order valence-electron chi connectivity index (χ2n) is 6.20. The summed E-state index contributed by atoms with van der Waals surface area (Å²) in [6.07, 6.45) is 2.09. The Morgan fingerprint density at radius 2 is 2.10 bits per heavy atom. The van der Waals surface area contributed by atoms with E-state index >= 15 is 0 Å². The number of hydrogen-bond donors (Lipinski definition) is 1. The summed E-state index contributed by atoms with van der Waals surface area (Å²) in [7, 11) is 2.08. The smallest absolute Gasteiger partial charge is 0.225 e. The number of amides is 1. The van der Waals surface area contributed by atoms with Crippen molar-refractivity contribution in [1.82, 2.24) is 10.2 Å². The fraction of sp³-hybridized carbons (Fsp3) is 0.562. The Bertz CT molecular complexity index is 487. The van der Waals surface area contributed by atoms with Crippen LogP contribution >= 0.6 is 15.9 Å². The van der Waals surface area contributed by atoms with Crippen LogP contribution in [0.2, 0.25) is 0 Å². The van der Waals surface area contributed by atoms with Gasteiger partial charge in [-0.2, -0.15) is 0 Å². The molecule has 0 bridgehead atoms. The van der Waals surface area contributed by atoms with Gasteiger partial charge in [-0.15, -0.1) is 0 Å². The number of halogens is 1. The lowest BCUT2D eigenvalue weighted by atomic mass is 9.91. The van der Waals surface area contributed by atoms with Gasteiger partial charge in [-0.05, 0) is 51.9 Å². The van der Waals surface area contributed by atoms with E-state index in [1.807, 2.05) is 18.2 Å². The molecule has 110 valence electrons. The zero-order valence-electron chi connectivity index (χ0n) is 12.4. The Hall–Kier alpha value is -0.870. The predicted molar refractivity (Wildman–Crippen MR) is 85.5 cm³/mol. The number of carbonyl (C=O) groups excluding carboxylic acids is 1. The maximum Gasteiger partial charge on any atom is 0.225 e. The summed E-state index contributed by atoms with van der Waals surface area (Å²) in [5.74, 6) is 0.271. The molecule has 1 aliphatic rings. The standard InChI is InChI=1S/C16H23BrN2O/c1-16(2,13-8-4-5-9-14(13)17)18-15(20)12-7-6-10-19(3)11-12/h4-5,8-9,12H,6-7,10-11H2,1-3H3,(H,18,20)/t12-/m0/s1. The van der Waals surface area contributed by atoms with Gasteiger partial charge in [0.05, 0.1) is 11.5 Å². The minimum absolute atomic E-state index is 0.107. The van der Waals surface area contributed by atoms with E-state index in [0.717, 1.165) is 36.0 Å². The van der Waals surface area contributed by atoms with E-state index in [2.05, 4.69) is 53.1 Å². The molecule has 1 aromatic rings. The third-order valence-electron chi connectivity index (χ3n) is 3.98. The highest BCUT2D eigenvalue weighted by atomic mass is 79.9. The van der Waals surface area contributed by atoms with E-state index in [-0.39, 0.29) is 17.4 Å². The quantitative estimate of drug-likeness (QED) is 0.918. The van der Waals surface area contributed by atoms with Crippen molar-refractivity contribution >= 4 is 21.8 Å². The molecule has 1 fully saturated rings. The maximum atomic E-state index is 12.5. The van der Waals surface area contributed by atoms with Crippen LogP contribution in [0.25, 0.3) is 0 Å². The largest absolute Gasteiger partial charge is 0.347 e. The zero-order chi connectivity index (χ0) is 14.8. The number of benzene rings is 1. The van der Waals surface area contributed by atoms with Gasteiger partial charge < -0.3 is 10.2 Å². The highest BCUT2D eigenvalue weighted by Gasteiger charge is 2.30. The van der Waals surface area contributed by atoms with Crippen LogP contribution in [0.5, 0.6) is 0 Å². The van der Waals surface area contributed by atoms with E-state index in [0.29, 0.717) is 0 Å². The van der Waals surface area contributed by atoms with Gasteiger partial charge in [-0.25, -0.2) is 0 Å². The first-order valence-electron chi connectivity index (χ1n) is 7.16. The first kappa shape index (κ1) is 15.5. The number of rotatable bonds is 3. The number of piperidine rings is 1. The Labute approximate surface area is 129 Å². The van der Waals surface area contributed by atoms with Crippen LogP contribution in [-0.4, -0.2) is 30.9 Å². The van der Waals surface area contributed by atoms with Crippen LogP contribution in [0, 0.1) is 5.92 Å². The molecule has 4 heteroatoms. The summed E-state index contributed by atoms with van der Waals surface area (Å²) in [6.45, 7) is 6.06. The first-order chi connectivity index (χ1) is 9.40. The SMILES string of the molecule is CN1CCC[C@H](C(=O)NC(C)(C)c2ccccc2Br)C1. The fourth-order valence-electron chi connectivity index (χ4n) is 2.83. The van der Waals surface area contributed by atoms with Crippen molar-refractivity contribution in [3.8, 4) is 0 Å². The molecule has 0 radical (unpaired) electrons. The molecule has 20 heavy (non-hydrogen) atoms. The minimum atomic E-state index is -0.368. The lowest BCUT2D eigenvalue weighted by molar-refractivity contribution is -0.128. The molecule has 0 saturated carbocycles. The summed E-state index contributed by atoms with van der Waals surface area (Å²) in [6, 6.07) is 8.05. The van der Waals surface area contributed by atoms with Gasteiger partial charge in [0.2, 0.25) is 5.91 Å². The van der Waals surface area contributed by atoms with Gasteiger partial charge in [-0.1, -0.05) is 34.1 Å². The molecular weight excluding hydrogens is 316 g/mol. The number of likely N-dealkylation sites (tertiary alicyclic amines) is 1. The van der Waals surface area contributed by atoms with Crippen LogP contribution in [0.3, 0.4) is 0 Å². The van der Waals surface area contributed by atoms with Crippen LogP contribution in [0.15, 0.2) is 28.7 Å². The third kappa shape index (κ3) is 3.61. The van der Waals surface area contributed by atoms with E-state index in [1.54, 1.807) is 0 Å². The molecule has 1 amide bonds. The van der Waals surface area contributed by atoms with Crippen LogP contribution in [0.4, 0.5) is 0 Å². The van der Waals surface area contributed by atoms with Crippen molar-refractivity contribution in [3.63, 3.8) is 0 Å². The molecule has 2 rings (SSSR count). The van der Waals surface area contributed by atoms with Gasteiger partial charge in [-0.3, -0.25) is 4.79 Å². The predicted octanol–water partition coefficient (Wildman–Crippen LogP) is 3.14. The van der Waals surface area contributed by atoms with Crippen LogP contribution in [0.1, 0.15) is 32.3 Å². The second kappa shape index (κ2) is 6.27. The molecule has 1 aliphatic heterocycles. The Morgan fingerprint density at radius 3 is 2.75 bits per heavy atom. The zero-order valence-corrected chi connectivity index (χ0v) is 14.0. The van der Waals surface area contributed by atoms with E-state index in [9.17, 15) is 4.79 Å². The van der Waals surface area contributed by atoms with Crippen LogP contribution < -0.4 is 5.32 Å². The van der Waals surface area contributed by atoms with Crippen molar-refractivity contribution in [2.24, 2.45) is 5.92 Å². The Balaban J connectivity index is 2.08. The molecule has 0 unspecified atom stereocenters.